The number of nitrogens with one attached hydrogen (secondary N) is 1. The van der Waals surface area contributed by atoms with Crippen LogP contribution in [0, 0.1) is 10.1 Å². The fourth-order valence-corrected chi connectivity index (χ4v) is 3.45. The maximum atomic E-state index is 13.1. The van der Waals surface area contributed by atoms with Gasteiger partial charge in [0.1, 0.15) is 0 Å². The second-order valence-electron chi connectivity index (χ2n) is 6.90. The van der Waals surface area contributed by atoms with Crippen molar-refractivity contribution in [1.29, 1.82) is 0 Å². The first-order valence-corrected chi connectivity index (χ1v) is 10.2. The number of halogens is 1. The molecule has 1 aliphatic rings. The monoisotopic (exact) mass is 460 g/mol. The van der Waals surface area contributed by atoms with Gasteiger partial charge in [0, 0.05) is 38.3 Å². The fourth-order valence-electron chi connectivity index (χ4n) is 3.25. The van der Waals surface area contributed by atoms with Gasteiger partial charge < -0.3 is 19.9 Å². The Bertz CT molecular complexity index is 1050. The van der Waals surface area contributed by atoms with Gasteiger partial charge in [-0.25, -0.2) is 4.79 Å². The lowest BCUT2D eigenvalue weighted by molar-refractivity contribution is -0.384. The van der Waals surface area contributed by atoms with E-state index >= 15 is 0 Å². The Balaban J connectivity index is 1.75. The van der Waals surface area contributed by atoms with Crippen molar-refractivity contribution in [3.05, 3.63) is 68.7 Å². The first kappa shape index (κ1) is 23.0. The van der Waals surface area contributed by atoms with Crippen molar-refractivity contribution in [2.45, 2.75) is 6.92 Å². The van der Waals surface area contributed by atoms with Gasteiger partial charge in [-0.2, -0.15) is 0 Å². The molecule has 32 heavy (non-hydrogen) atoms. The highest BCUT2D eigenvalue weighted by Gasteiger charge is 2.27. The average molecular weight is 461 g/mol. The van der Waals surface area contributed by atoms with Crippen LogP contribution in [0.25, 0.3) is 0 Å². The zero-order chi connectivity index (χ0) is 23.3. The normalized spacial score (nSPS) is 13.4. The number of carbonyl (C=O) groups excluding carboxylic acids is 3. The summed E-state index contributed by atoms with van der Waals surface area (Å²) in [7, 11) is 0. The summed E-state index contributed by atoms with van der Waals surface area (Å²) < 4.78 is 4.98. The Kier molecular flexibility index (Phi) is 7.26. The number of nitrogens with zero attached hydrogens (tertiary/aromatic N) is 3. The molecular formula is C21H21ClN4O6. The zero-order valence-electron chi connectivity index (χ0n) is 17.2. The summed E-state index contributed by atoms with van der Waals surface area (Å²) in [4.78, 5) is 51.2. The lowest BCUT2D eigenvalue weighted by atomic mass is 10.1. The predicted molar refractivity (Wildman–Crippen MR) is 117 cm³/mol. The molecule has 1 heterocycles. The number of anilines is 1. The lowest BCUT2D eigenvalue weighted by Crippen LogP contribution is -2.50. The van der Waals surface area contributed by atoms with Crippen LogP contribution in [-0.4, -0.2) is 65.4 Å². The van der Waals surface area contributed by atoms with E-state index < -0.39 is 16.9 Å². The minimum Gasteiger partial charge on any atom is -0.450 e. The van der Waals surface area contributed by atoms with Crippen LogP contribution < -0.4 is 5.32 Å². The molecule has 0 atom stereocenters. The molecular weight excluding hydrogens is 440 g/mol. The van der Waals surface area contributed by atoms with E-state index in [4.69, 9.17) is 16.3 Å². The highest BCUT2D eigenvalue weighted by Crippen LogP contribution is 2.25. The molecule has 1 N–H and O–H groups in total. The van der Waals surface area contributed by atoms with Crippen LogP contribution >= 0.6 is 11.6 Å². The third-order valence-electron chi connectivity index (χ3n) is 4.90. The van der Waals surface area contributed by atoms with Crippen molar-refractivity contribution in [3.63, 3.8) is 0 Å². The van der Waals surface area contributed by atoms with Gasteiger partial charge in [-0.05, 0) is 25.1 Å². The molecule has 3 amide bonds. The number of amides is 3. The molecule has 11 heteroatoms. The minimum atomic E-state index is -0.675. The lowest BCUT2D eigenvalue weighted by Gasteiger charge is -2.34. The Hall–Kier alpha value is -3.66. The van der Waals surface area contributed by atoms with Gasteiger partial charge in [0.15, 0.2) is 0 Å². The molecule has 1 fully saturated rings. The number of benzene rings is 2. The van der Waals surface area contributed by atoms with E-state index in [0.29, 0.717) is 26.2 Å². The molecule has 0 bridgehead atoms. The van der Waals surface area contributed by atoms with Gasteiger partial charge in [-0.15, -0.1) is 0 Å². The van der Waals surface area contributed by atoms with E-state index in [1.54, 1.807) is 36.1 Å². The van der Waals surface area contributed by atoms with Crippen molar-refractivity contribution in [2.24, 2.45) is 0 Å². The number of nitro groups is 1. The summed E-state index contributed by atoms with van der Waals surface area (Å²) >= 11 is 6.05. The van der Waals surface area contributed by atoms with Crippen LogP contribution in [0.4, 0.5) is 16.2 Å². The van der Waals surface area contributed by atoms with E-state index in [9.17, 15) is 24.5 Å². The van der Waals surface area contributed by atoms with E-state index in [1.165, 1.54) is 17.0 Å². The number of piperazine rings is 1. The molecule has 10 nitrogen and oxygen atoms in total. The van der Waals surface area contributed by atoms with Crippen LogP contribution in [0.2, 0.25) is 5.02 Å². The fraction of sp³-hybridized carbons (Fsp3) is 0.286. The van der Waals surface area contributed by atoms with Crippen molar-refractivity contribution in [1.82, 2.24) is 9.80 Å². The molecule has 1 saturated heterocycles. The molecule has 1 aliphatic heterocycles. The van der Waals surface area contributed by atoms with E-state index in [0.717, 1.165) is 6.07 Å². The Morgan fingerprint density at radius 1 is 1.06 bits per heavy atom. The Morgan fingerprint density at radius 3 is 2.38 bits per heavy atom. The molecule has 168 valence electrons. The summed E-state index contributed by atoms with van der Waals surface area (Å²) in [6, 6.07) is 10.0. The molecule has 0 saturated carbocycles. The smallest absolute Gasteiger partial charge is 0.409 e. The van der Waals surface area contributed by atoms with Crippen molar-refractivity contribution >= 4 is 40.9 Å². The van der Waals surface area contributed by atoms with Gasteiger partial charge >= 0.3 is 6.09 Å². The zero-order valence-corrected chi connectivity index (χ0v) is 18.0. The quantitative estimate of drug-likeness (QED) is 0.539. The van der Waals surface area contributed by atoms with Crippen molar-refractivity contribution in [3.8, 4) is 0 Å². The number of ether oxygens (including phenoxy) is 1. The first-order chi connectivity index (χ1) is 15.3. The molecule has 2 aromatic rings. The third-order valence-corrected chi connectivity index (χ3v) is 5.23. The summed E-state index contributed by atoms with van der Waals surface area (Å²) in [6.07, 6.45) is -0.416. The molecule has 0 radical (unpaired) electrons. The summed E-state index contributed by atoms with van der Waals surface area (Å²) in [6.45, 7) is 3.31. The number of para-hydroxylation sites is 1. The molecule has 0 spiro atoms. The Morgan fingerprint density at radius 2 is 1.72 bits per heavy atom. The Labute approximate surface area is 188 Å². The van der Waals surface area contributed by atoms with E-state index in [-0.39, 0.29) is 40.0 Å². The minimum absolute atomic E-state index is 0.0481. The first-order valence-electron chi connectivity index (χ1n) is 9.87. The number of non-ortho nitro benzene ring substituents is 1. The van der Waals surface area contributed by atoms with Crippen LogP contribution in [-0.2, 0) is 4.74 Å². The second-order valence-corrected chi connectivity index (χ2v) is 7.31. The largest absolute Gasteiger partial charge is 0.450 e. The van der Waals surface area contributed by atoms with Gasteiger partial charge in [0.25, 0.3) is 17.5 Å². The van der Waals surface area contributed by atoms with Crippen LogP contribution in [0.1, 0.15) is 27.6 Å². The van der Waals surface area contributed by atoms with Crippen molar-refractivity contribution in [2.75, 3.05) is 38.1 Å². The standard InChI is InChI=1S/C21H21ClN4O6/c1-2-32-21(29)25-11-9-24(10-12-25)20(28)15-5-3-4-6-18(15)23-19(27)16-13-14(26(30)31)7-8-17(16)22/h3-8,13H,2,9-12H2,1H3,(H,23,27). The number of carbonyl (C=O) groups is 3. The number of hydrogen-bond donors (Lipinski definition) is 1. The molecule has 3 rings (SSSR count). The van der Waals surface area contributed by atoms with Crippen molar-refractivity contribution < 1.29 is 24.0 Å². The summed E-state index contributed by atoms with van der Waals surface area (Å²) in [5.74, 6) is -0.986. The SMILES string of the molecule is CCOC(=O)N1CCN(C(=O)c2ccccc2NC(=O)c2cc([N+](=O)[O-])ccc2Cl)CC1. The highest BCUT2D eigenvalue weighted by molar-refractivity contribution is 6.34. The number of rotatable bonds is 5. The maximum absolute atomic E-state index is 13.1. The molecule has 0 unspecified atom stereocenters. The van der Waals surface area contributed by atoms with E-state index in [1.807, 2.05) is 0 Å². The molecule has 0 aliphatic carbocycles. The molecule has 0 aromatic heterocycles. The highest BCUT2D eigenvalue weighted by atomic mass is 35.5. The average Bonchev–Trinajstić information content (AvgIpc) is 2.79. The van der Waals surface area contributed by atoms with Crippen LogP contribution in [0.15, 0.2) is 42.5 Å². The van der Waals surface area contributed by atoms with Crippen LogP contribution in [0.3, 0.4) is 0 Å². The number of hydrogen-bond acceptors (Lipinski definition) is 6. The third kappa shape index (κ3) is 5.14. The van der Waals surface area contributed by atoms with Crippen LogP contribution in [0.5, 0.6) is 0 Å². The summed E-state index contributed by atoms with van der Waals surface area (Å²) in [5.41, 5.74) is 0.152. The van der Waals surface area contributed by atoms with E-state index in [2.05, 4.69) is 5.32 Å². The number of nitro benzene ring substituents is 1. The van der Waals surface area contributed by atoms with Gasteiger partial charge in [0.2, 0.25) is 0 Å². The topological polar surface area (TPSA) is 122 Å². The summed E-state index contributed by atoms with van der Waals surface area (Å²) in [5, 5.41) is 13.7. The predicted octanol–water partition coefficient (Wildman–Crippen LogP) is 3.41. The van der Waals surface area contributed by atoms with Gasteiger partial charge in [-0.1, -0.05) is 23.7 Å². The molecule has 2 aromatic carbocycles. The second kappa shape index (κ2) is 10.1. The van der Waals surface area contributed by atoms with Gasteiger partial charge in [0.05, 0.1) is 33.4 Å². The van der Waals surface area contributed by atoms with Gasteiger partial charge in [-0.3, -0.25) is 19.7 Å². The maximum Gasteiger partial charge on any atom is 0.409 e.